The predicted molar refractivity (Wildman–Crippen MR) is 74.2 cm³/mol. The first-order valence-corrected chi connectivity index (χ1v) is 6.78. The normalized spacial score (nSPS) is 18.8. The molecule has 1 aromatic carbocycles. The highest BCUT2D eigenvalue weighted by molar-refractivity contribution is 5.56. The van der Waals surface area contributed by atoms with Gasteiger partial charge in [-0.2, -0.15) is 0 Å². The van der Waals surface area contributed by atoms with Gasteiger partial charge in [0.2, 0.25) is 0 Å². The Morgan fingerprint density at radius 1 is 1.53 bits per heavy atom. The molecule has 0 aromatic heterocycles. The summed E-state index contributed by atoms with van der Waals surface area (Å²) in [7, 11) is 0. The zero-order valence-corrected chi connectivity index (χ0v) is 11.2. The number of hydrogen-bond donors (Lipinski definition) is 1. The van der Waals surface area contributed by atoms with E-state index >= 15 is 0 Å². The molecular formula is C14H20N2O3. The number of aliphatic hydroxyl groups is 1. The van der Waals surface area contributed by atoms with E-state index in [4.69, 9.17) is 0 Å². The minimum absolute atomic E-state index is 0.00412. The number of anilines is 1. The summed E-state index contributed by atoms with van der Waals surface area (Å²) < 4.78 is 0. The van der Waals surface area contributed by atoms with Crippen molar-refractivity contribution < 1.29 is 10.0 Å². The Balaban J connectivity index is 2.16. The topological polar surface area (TPSA) is 66.6 Å². The van der Waals surface area contributed by atoms with Crippen molar-refractivity contribution in [2.24, 2.45) is 5.92 Å². The number of hydrogen-bond acceptors (Lipinski definition) is 4. The van der Waals surface area contributed by atoms with Crippen molar-refractivity contribution >= 4 is 11.4 Å². The third-order valence-corrected chi connectivity index (χ3v) is 3.78. The monoisotopic (exact) mass is 264 g/mol. The largest absolute Gasteiger partial charge is 0.391 e. The van der Waals surface area contributed by atoms with E-state index < -0.39 is 4.92 Å². The molecule has 1 aliphatic heterocycles. The summed E-state index contributed by atoms with van der Waals surface area (Å²) in [5, 5.41) is 20.1. The Morgan fingerprint density at radius 3 is 2.95 bits per heavy atom. The van der Waals surface area contributed by atoms with Gasteiger partial charge in [-0.15, -0.1) is 0 Å². The van der Waals surface area contributed by atoms with Crippen molar-refractivity contribution in [1.82, 2.24) is 0 Å². The molecule has 5 heteroatoms. The summed E-state index contributed by atoms with van der Waals surface area (Å²) in [5.74, 6) is 0.720. The molecule has 0 radical (unpaired) electrons. The van der Waals surface area contributed by atoms with Crippen molar-refractivity contribution in [3.63, 3.8) is 0 Å². The summed E-state index contributed by atoms with van der Waals surface area (Å²) in [6.07, 6.45) is 3.61. The van der Waals surface area contributed by atoms with Gasteiger partial charge in [-0.3, -0.25) is 10.1 Å². The second kappa shape index (κ2) is 6.02. The molecule has 1 aliphatic rings. The first-order valence-electron chi connectivity index (χ1n) is 6.78. The van der Waals surface area contributed by atoms with Crippen LogP contribution in [0.1, 0.15) is 31.7 Å². The molecule has 1 heterocycles. The van der Waals surface area contributed by atoms with E-state index in [0.717, 1.165) is 24.7 Å². The molecule has 0 bridgehead atoms. The van der Waals surface area contributed by atoms with Gasteiger partial charge in [-0.05, 0) is 30.9 Å². The van der Waals surface area contributed by atoms with E-state index in [-0.39, 0.29) is 12.3 Å². The standard InChI is InChI=1S/C14H20N2O3/c1-2-3-11-6-7-15(9-11)13-4-5-14(16(18)19)12(8-13)10-17/h4-5,8,11,17H,2-3,6-7,9-10H2,1H3. The summed E-state index contributed by atoms with van der Waals surface area (Å²) >= 11 is 0. The quantitative estimate of drug-likeness (QED) is 0.656. The Morgan fingerprint density at radius 2 is 2.32 bits per heavy atom. The SMILES string of the molecule is CCCC1CCN(c2ccc([N+](=O)[O-])c(CO)c2)C1. The molecule has 1 unspecified atom stereocenters. The van der Waals surface area contributed by atoms with Crippen LogP contribution in [-0.4, -0.2) is 23.1 Å². The van der Waals surface area contributed by atoms with Crippen molar-refractivity contribution in [3.05, 3.63) is 33.9 Å². The molecular weight excluding hydrogens is 244 g/mol. The van der Waals surface area contributed by atoms with Gasteiger partial charge in [0.05, 0.1) is 17.1 Å². The molecule has 5 nitrogen and oxygen atoms in total. The number of nitrogens with zero attached hydrogens (tertiary/aromatic N) is 2. The highest BCUT2D eigenvalue weighted by Gasteiger charge is 2.23. The maximum Gasteiger partial charge on any atom is 0.275 e. The lowest BCUT2D eigenvalue weighted by atomic mass is 10.0. The minimum atomic E-state index is -0.445. The van der Waals surface area contributed by atoms with Crippen LogP contribution in [0.25, 0.3) is 0 Å². The molecule has 1 aromatic rings. The van der Waals surface area contributed by atoms with E-state index in [1.165, 1.54) is 25.3 Å². The fourth-order valence-corrected chi connectivity index (χ4v) is 2.78. The second-order valence-corrected chi connectivity index (χ2v) is 5.12. The molecule has 2 rings (SSSR count). The Labute approximate surface area is 113 Å². The minimum Gasteiger partial charge on any atom is -0.391 e. The van der Waals surface area contributed by atoms with Gasteiger partial charge in [0.15, 0.2) is 0 Å². The van der Waals surface area contributed by atoms with Crippen LogP contribution in [0.2, 0.25) is 0 Å². The number of aliphatic hydroxyl groups excluding tert-OH is 1. The lowest BCUT2D eigenvalue weighted by Gasteiger charge is -2.19. The summed E-state index contributed by atoms with van der Waals surface area (Å²) in [6.45, 7) is 3.90. The highest BCUT2D eigenvalue weighted by atomic mass is 16.6. The summed E-state index contributed by atoms with van der Waals surface area (Å²) in [5.41, 5.74) is 1.37. The molecule has 1 atom stereocenters. The van der Waals surface area contributed by atoms with Crippen molar-refractivity contribution in [3.8, 4) is 0 Å². The van der Waals surface area contributed by atoms with Crippen LogP contribution in [0.3, 0.4) is 0 Å². The zero-order valence-electron chi connectivity index (χ0n) is 11.2. The fraction of sp³-hybridized carbons (Fsp3) is 0.571. The molecule has 0 spiro atoms. The molecule has 1 fully saturated rings. The van der Waals surface area contributed by atoms with Crippen LogP contribution in [0.5, 0.6) is 0 Å². The molecule has 1 saturated heterocycles. The van der Waals surface area contributed by atoms with Crippen LogP contribution >= 0.6 is 0 Å². The van der Waals surface area contributed by atoms with Crippen LogP contribution in [0.15, 0.2) is 18.2 Å². The van der Waals surface area contributed by atoms with E-state index in [2.05, 4.69) is 11.8 Å². The van der Waals surface area contributed by atoms with Crippen LogP contribution in [0.4, 0.5) is 11.4 Å². The van der Waals surface area contributed by atoms with Crippen LogP contribution in [0, 0.1) is 16.0 Å². The van der Waals surface area contributed by atoms with E-state index in [0.29, 0.717) is 5.56 Å². The lowest BCUT2D eigenvalue weighted by molar-refractivity contribution is -0.385. The maximum absolute atomic E-state index is 10.8. The number of nitro groups is 1. The van der Waals surface area contributed by atoms with Gasteiger partial charge in [0.1, 0.15) is 0 Å². The average molecular weight is 264 g/mol. The van der Waals surface area contributed by atoms with Gasteiger partial charge >= 0.3 is 0 Å². The first kappa shape index (κ1) is 13.8. The molecule has 1 N–H and O–H groups in total. The summed E-state index contributed by atoms with van der Waals surface area (Å²) in [4.78, 5) is 12.6. The second-order valence-electron chi connectivity index (χ2n) is 5.12. The van der Waals surface area contributed by atoms with Gasteiger partial charge in [0, 0.05) is 24.8 Å². The average Bonchev–Trinajstić information content (AvgIpc) is 2.87. The third kappa shape index (κ3) is 3.04. The summed E-state index contributed by atoms with van der Waals surface area (Å²) in [6, 6.07) is 5.02. The van der Waals surface area contributed by atoms with Crippen molar-refractivity contribution in [2.75, 3.05) is 18.0 Å². The van der Waals surface area contributed by atoms with Crippen LogP contribution in [-0.2, 0) is 6.61 Å². The third-order valence-electron chi connectivity index (χ3n) is 3.78. The van der Waals surface area contributed by atoms with Crippen molar-refractivity contribution in [2.45, 2.75) is 32.8 Å². The van der Waals surface area contributed by atoms with Crippen LogP contribution < -0.4 is 4.90 Å². The predicted octanol–water partition coefficient (Wildman–Crippen LogP) is 2.71. The molecule has 104 valence electrons. The Bertz CT molecular complexity index is 462. The van der Waals surface area contributed by atoms with Gasteiger partial charge in [-0.1, -0.05) is 13.3 Å². The van der Waals surface area contributed by atoms with E-state index in [9.17, 15) is 15.2 Å². The Kier molecular flexibility index (Phi) is 4.37. The lowest BCUT2D eigenvalue weighted by Crippen LogP contribution is -2.19. The number of benzene rings is 1. The number of rotatable bonds is 5. The number of nitro benzene ring substituents is 1. The molecule has 0 saturated carbocycles. The van der Waals surface area contributed by atoms with Crippen molar-refractivity contribution in [1.29, 1.82) is 0 Å². The molecule has 19 heavy (non-hydrogen) atoms. The van der Waals surface area contributed by atoms with E-state index in [1.807, 2.05) is 0 Å². The smallest absolute Gasteiger partial charge is 0.275 e. The first-order chi connectivity index (χ1) is 9.15. The highest BCUT2D eigenvalue weighted by Crippen LogP contribution is 2.30. The van der Waals surface area contributed by atoms with E-state index in [1.54, 1.807) is 12.1 Å². The van der Waals surface area contributed by atoms with Gasteiger partial charge in [0.25, 0.3) is 5.69 Å². The van der Waals surface area contributed by atoms with Gasteiger partial charge in [-0.25, -0.2) is 0 Å². The Hall–Kier alpha value is -1.62. The fourth-order valence-electron chi connectivity index (χ4n) is 2.78. The zero-order chi connectivity index (χ0) is 13.8. The molecule has 0 aliphatic carbocycles. The maximum atomic E-state index is 10.8. The van der Waals surface area contributed by atoms with Gasteiger partial charge < -0.3 is 10.0 Å². The molecule has 0 amide bonds.